The van der Waals surface area contributed by atoms with Crippen LogP contribution in [-0.2, 0) is 23.9 Å². The molecule has 4 amide bonds. The Kier molecular flexibility index (Phi) is 12.2. The minimum atomic E-state index is -0.842. The van der Waals surface area contributed by atoms with Gasteiger partial charge in [-0.2, -0.15) is 0 Å². The molecular weight excluding hydrogens is 869 g/mol. The molecule has 2 saturated heterocycles. The Bertz CT molecular complexity index is 3150. The number of carbonyl (C=O) groups excluding carboxylic acids is 4. The van der Waals surface area contributed by atoms with E-state index in [2.05, 4.69) is 82.3 Å². The first-order valence-corrected chi connectivity index (χ1v) is 23.9. The van der Waals surface area contributed by atoms with Gasteiger partial charge in [0.25, 0.3) is 0 Å². The lowest BCUT2D eigenvalue weighted by Gasteiger charge is -2.31. The number of likely N-dealkylation sites (tertiary alicyclic amines) is 2. The third-order valence-corrected chi connectivity index (χ3v) is 14.7. The van der Waals surface area contributed by atoms with Crippen LogP contribution in [-0.4, -0.2) is 86.9 Å². The number of aromatic amines is 2. The molecule has 5 aromatic carbocycles. The molecule has 3 fully saturated rings. The number of hydrogen-bond acceptors (Lipinski definition) is 8. The number of amides is 4. The summed E-state index contributed by atoms with van der Waals surface area (Å²) >= 11 is 0. The quantitative estimate of drug-likeness (QED) is 0.0654. The number of alkyl carbamates (subject to hydrolysis) is 1. The van der Waals surface area contributed by atoms with Crippen molar-refractivity contribution in [2.24, 2.45) is 23.7 Å². The van der Waals surface area contributed by atoms with E-state index in [9.17, 15) is 19.2 Å². The van der Waals surface area contributed by atoms with Crippen molar-refractivity contribution in [3.63, 3.8) is 0 Å². The lowest BCUT2D eigenvalue weighted by molar-refractivity contribution is -0.139. The number of nitrogens with zero attached hydrogens (tertiary/aromatic N) is 4. The molecule has 0 unspecified atom stereocenters. The van der Waals surface area contributed by atoms with E-state index in [1.807, 2.05) is 72.2 Å². The van der Waals surface area contributed by atoms with Crippen molar-refractivity contribution in [2.75, 3.05) is 27.3 Å². The SMILES string of the molecule is C=C[C@H]1C[C@@H](c2nc3ccc4cc(-c5ccc6c(ccc7nc([C@@H]8C[C@H](C(=C)OC)CN8C(=O)[C@H](NC(=O)C8CCC8)c8ccccc8)[nH]c76)c5)ccc4c3[nH]2)N(C(=O)[C@@H](NC(=O)OC)C(C)C)C1. The molecule has 4 heterocycles. The van der Waals surface area contributed by atoms with E-state index in [1.165, 1.54) is 7.11 Å². The molecule has 0 spiro atoms. The van der Waals surface area contributed by atoms with Gasteiger partial charge in [0, 0.05) is 35.7 Å². The van der Waals surface area contributed by atoms with Crippen LogP contribution >= 0.6 is 0 Å². The van der Waals surface area contributed by atoms with Crippen LogP contribution in [0.3, 0.4) is 0 Å². The molecule has 69 heavy (non-hydrogen) atoms. The highest BCUT2D eigenvalue weighted by molar-refractivity contribution is 6.07. The molecule has 14 heteroatoms. The number of ether oxygens (including phenoxy) is 2. The van der Waals surface area contributed by atoms with Crippen LogP contribution in [0.5, 0.6) is 0 Å². The molecule has 1 aliphatic carbocycles. The molecule has 0 radical (unpaired) electrons. The maximum Gasteiger partial charge on any atom is 0.407 e. The minimum Gasteiger partial charge on any atom is -0.501 e. The summed E-state index contributed by atoms with van der Waals surface area (Å²) in [6.45, 7) is 12.8. The maximum atomic E-state index is 14.7. The first-order valence-electron chi connectivity index (χ1n) is 23.9. The summed E-state index contributed by atoms with van der Waals surface area (Å²) < 4.78 is 10.4. The smallest absolute Gasteiger partial charge is 0.407 e. The minimum absolute atomic E-state index is 0.0727. The van der Waals surface area contributed by atoms with Crippen molar-refractivity contribution in [3.05, 3.63) is 133 Å². The molecule has 7 aromatic rings. The maximum absolute atomic E-state index is 14.7. The number of H-pyrrole nitrogens is 2. The summed E-state index contributed by atoms with van der Waals surface area (Å²) in [5.74, 6) is 1.23. The molecule has 2 aliphatic heterocycles. The molecule has 0 bridgehead atoms. The molecule has 10 rings (SSSR count). The van der Waals surface area contributed by atoms with Crippen LogP contribution in [0.25, 0.3) is 54.7 Å². The summed E-state index contributed by atoms with van der Waals surface area (Å²) in [6, 6.07) is 28.2. The molecule has 4 N–H and O–H groups in total. The van der Waals surface area contributed by atoms with Gasteiger partial charge >= 0.3 is 6.09 Å². The second-order valence-corrected chi connectivity index (χ2v) is 19.2. The summed E-state index contributed by atoms with van der Waals surface area (Å²) in [6.07, 6.45) is 5.15. The number of methoxy groups -OCH3 is 2. The van der Waals surface area contributed by atoms with Crippen molar-refractivity contribution < 1.29 is 28.7 Å². The summed E-state index contributed by atoms with van der Waals surface area (Å²) in [7, 11) is 2.89. The van der Waals surface area contributed by atoms with Crippen molar-refractivity contribution in [3.8, 4) is 11.1 Å². The number of imidazole rings is 2. The van der Waals surface area contributed by atoms with Gasteiger partial charge in [-0.3, -0.25) is 14.4 Å². The predicted octanol–water partition coefficient (Wildman–Crippen LogP) is 9.58. The van der Waals surface area contributed by atoms with Gasteiger partial charge < -0.3 is 39.9 Å². The van der Waals surface area contributed by atoms with E-state index in [-0.39, 0.29) is 47.4 Å². The summed E-state index contributed by atoms with van der Waals surface area (Å²) in [4.78, 5) is 75.3. The number of rotatable bonds is 13. The average molecular weight is 927 g/mol. The van der Waals surface area contributed by atoms with Gasteiger partial charge in [-0.05, 0) is 89.2 Å². The van der Waals surface area contributed by atoms with E-state index in [4.69, 9.17) is 19.4 Å². The highest BCUT2D eigenvalue weighted by Gasteiger charge is 2.44. The van der Waals surface area contributed by atoms with Crippen LogP contribution < -0.4 is 10.6 Å². The molecule has 6 atom stereocenters. The number of carbonyl (C=O) groups is 4. The van der Waals surface area contributed by atoms with E-state index in [0.29, 0.717) is 43.3 Å². The Labute approximate surface area is 400 Å². The zero-order chi connectivity index (χ0) is 48.1. The Morgan fingerprint density at radius 3 is 1.86 bits per heavy atom. The molecule has 14 nitrogen and oxygen atoms in total. The highest BCUT2D eigenvalue weighted by Crippen LogP contribution is 2.42. The zero-order valence-corrected chi connectivity index (χ0v) is 39.5. The fraction of sp³-hybridized carbons (Fsp3) is 0.345. The van der Waals surface area contributed by atoms with E-state index in [0.717, 1.165) is 79.6 Å². The molecule has 3 aliphatic rings. The summed E-state index contributed by atoms with van der Waals surface area (Å²) in [5.41, 5.74) is 6.20. The molecule has 1 saturated carbocycles. The third kappa shape index (κ3) is 8.46. The van der Waals surface area contributed by atoms with E-state index < -0.39 is 24.2 Å². The Balaban J connectivity index is 0.932. The molecule has 2 aromatic heterocycles. The average Bonchev–Trinajstić information content (AvgIpc) is 4.18. The number of benzene rings is 5. The lowest BCUT2D eigenvalue weighted by atomic mass is 9.84. The van der Waals surface area contributed by atoms with Crippen molar-refractivity contribution >= 4 is 67.4 Å². The molecule has 354 valence electrons. The van der Waals surface area contributed by atoms with Crippen molar-refractivity contribution in [1.82, 2.24) is 40.4 Å². The van der Waals surface area contributed by atoms with Gasteiger partial charge in [-0.1, -0.05) is 99.7 Å². The summed E-state index contributed by atoms with van der Waals surface area (Å²) in [5, 5.41) is 9.94. The number of hydrogen-bond donors (Lipinski definition) is 4. The van der Waals surface area contributed by atoms with Crippen LogP contribution in [0.1, 0.15) is 81.3 Å². The topological polar surface area (TPSA) is 175 Å². The van der Waals surface area contributed by atoms with Gasteiger partial charge in [-0.15, -0.1) is 6.58 Å². The fourth-order valence-electron chi connectivity index (χ4n) is 10.5. The first kappa shape index (κ1) is 45.3. The van der Waals surface area contributed by atoms with Crippen LogP contribution in [0, 0.1) is 23.7 Å². The van der Waals surface area contributed by atoms with E-state index in [1.54, 1.807) is 7.11 Å². The zero-order valence-electron chi connectivity index (χ0n) is 39.5. The van der Waals surface area contributed by atoms with Gasteiger partial charge in [0.1, 0.15) is 23.7 Å². The number of aromatic nitrogens is 4. The Morgan fingerprint density at radius 2 is 1.32 bits per heavy atom. The number of fused-ring (bicyclic) bond motifs is 6. The second-order valence-electron chi connectivity index (χ2n) is 19.2. The molecular formula is C55H58N8O6. The normalized spacial score (nSPS) is 20.3. The van der Waals surface area contributed by atoms with Crippen molar-refractivity contribution in [2.45, 2.75) is 70.1 Å². The Hall–Kier alpha value is -7.48. The van der Waals surface area contributed by atoms with Crippen molar-refractivity contribution in [1.29, 1.82) is 0 Å². The van der Waals surface area contributed by atoms with Gasteiger partial charge in [-0.25, -0.2) is 14.8 Å². The first-order chi connectivity index (χ1) is 33.4. The van der Waals surface area contributed by atoms with Gasteiger partial charge in [0.2, 0.25) is 17.7 Å². The number of nitrogens with one attached hydrogen (secondary N) is 4. The monoisotopic (exact) mass is 926 g/mol. The lowest BCUT2D eigenvalue weighted by Crippen LogP contribution is -2.51. The van der Waals surface area contributed by atoms with Crippen LogP contribution in [0.2, 0.25) is 0 Å². The van der Waals surface area contributed by atoms with E-state index >= 15 is 0 Å². The fourth-order valence-corrected chi connectivity index (χ4v) is 10.5. The predicted molar refractivity (Wildman–Crippen MR) is 266 cm³/mol. The van der Waals surface area contributed by atoms with Crippen LogP contribution in [0.15, 0.2) is 116 Å². The van der Waals surface area contributed by atoms with Crippen LogP contribution in [0.4, 0.5) is 4.79 Å². The standard InChI is InChI=1S/C55H58N8O6/c1-7-32-24-44(62(28-32)53(65)46(30(2)3)61-55(67)69-6)50-56-42-22-18-37-25-35(16-20-40(37)48(42)58-50)36-17-21-41-38(26-36)19-23-43-49(41)59-51(57-43)45-27-39(31(4)68-5)29-63(45)54(66)47(33-12-9-8-10-13-33)60-52(64)34-14-11-15-34/h7-10,12-13,16-23,25-26,30,32,34,39,44-47H,1,4,11,14-15,24,27-29H2,2-3,5-6H3,(H,56,58)(H,57,59)(H,60,64)(H,61,67)/t32-,39-,44-,45-,46-,47+/m0/s1. The second kappa shape index (κ2) is 18.5. The third-order valence-electron chi connectivity index (χ3n) is 14.7. The largest absolute Gasteiger partial charge is 0.501 e. The highest BCUT2D eigenvalue weighted by atomic mass is 16.5. The Morgan fingerprint density at radius 1 is 0.725 bits per heavy atom. The van der Waals surface area contributed by atoms with Gasteiger partial charge in [0.15, 0.2) is 0 Å². The van der Waals surface area contributed by atoms with Gasteiger partial charge in [0.05, 0.1) is 54.1 Å².